The minimum absolute atomic E-state index is 0.0352. The number of benzene rings is 1. The fourth-order valence-corrected chi connectivity index (χ4v) is 5.10. The fourth-order valence-electron chi connectivity index (χ4n) is 2.11. The molecule has 1 fully saturated rings. The minimum Gasteiger partial charge on any atom is -0.229 e. The lowest BCUT2D eigenvalue weighted by atomic mass is 10.2. The van der Waals surface area contributed by atoms with E-state index in [9.17, 15) is 16.8 Å². The molecular weight excluding hydrogens is 300 g/mol. The number of nitrogens with one attached hydrogen (secondary N) is 1. The maximum Gasteiger partial charge on any atom is 0.240 e. The van der Waals surface area contributed by atoms with E-state index >= 15 is 0 Å². The monoisotopic (exact) mass is 314 g/mol. The number of hydrogen-bond acceptors (Lipinski definition) is 5. The third-order valence-electron chi connectivity index (χ3n) is 3.24. The Morgan fingerprint density at radius 2 is 2.15 bits per heavy atom. The molecule has 1 aliphatic heterocycles. The Morgan fingerprint density at radius 1 is 1.40 bits per heavy atom. The Kier molecular flexibility index (Phi) is 4.13. The van der Waals surface area contributed by atoms with E-state index in [4.69, 9.17) is 5.26 Å². The van der Waals surface area contributed by atoms with Gasteiger partial charge in [-0.2, -0.15) is 5.26 Å². The SMILES string of the molecule is N#Cc1cccc(S(=O)(=O)NCC2CCCS2(=O)=O)c1. The quantitative estimate of drug-likeness (QED) is 0.867. The predicted molar refractivity (Wildman–Crippen MR) is 73.2 cm³/mol. The molecule has 0 bridgehead atoms. The second kappa shape index (κ2) is 5.52. The Labute approximate surface area is 118 Å². The topological polar surface area (TPSA) is 104 Å². The lowest BCUT2D eigenvalue weighted by Gasteiger charge is -2.11. The van der Waals surface area contributed by atoms with Gasteiger partial charge < -0.3 is 0 Å². The Balaban J connectivity index is 2.14. The van der Waals surface area contributed by atoms with Crippen molar-refractivity contribution in [2.24, 2.45) is 0 Å². The first-order valence-electron chi connectivity index (χ1n) is 6.06. The summed E-state index contributed by atoms with van der Waals surface area (Å²) in [6, 6.07) is 7.46. The van der Waals surface area contributed by atoms with Crippen LogP contribution >= 0.6 is 0 Å². The molecule has 8 heteroatoms. The third-order valence-corrected chi connectivity index (χ3v) is 6.93. The van der Waals surface area contributed by atoms with Crippen LogP contribution in [0.3, 0.4) is 0 Å². The molecule has 1 unspecified atom stereocenters. The van der Waals surface area contributed by atoms with Crippen molar-refractivity contribution >= 4 is 19.9 Å². The highest BCUT2D eigenvalue weighted by atomic mass is 32.2. The zero-order valence-corrected chi connectivity index (χ0v) is 12.2. The molecule has 1 N–H and O–H groups in total. The molecule has 2 rings (SSSR count). The molecule has 0 aromatic heterocycles. The van der Waals surface area contributed by atoms with Crippen LogP contribution in [0.25, 0.3) is 0 Å². The van der Waals surface area contributed by atoms with Crippen molar-refractivity contribution in [3.05, 3.63) is 29.8 Å². The molecule has 1 atom stereocenters. The van der Waals surface area contributed by atoms with Gasteiger partial charge in [-0.25, -0.2) is 21.6 Å². The smallest absolute Gasteiger partial charge is 0.229 e. The van der Waals surface area contributed by atoms with Crippen LogP contribution < -0.4 is 4.72 Å². The van der Waals surface area contributed by atoms with Crippen molar-refractivity contribution in [1.82, 2.24) is 4.72 Å². The Bertz CT molecular complexity index is 748. The first kappa shape index (κ1) is 15.0. The van der Waals surface area contributed by atoms with Crippen molar-refractivity contribution in [3.63, 3.8) is 0 Å². The van der Waals surface area contributed by atoms with Crippen molar-refractivity contribution in [2.45, 2.75) is 23.0 Å². The van der Waals surface area contributed by atoms with Crippen molar-refractivity contribution in [3.8, 4) is 6.07 Å². The van der Waals surface area contributed by atoms with Gasteiger partial charge in [-0.1, -0.05) is 6.07 Å². The number of hydrogen-bond donors (Lipinski definition) is 1. The van der Waals surface area contributed by atoms with Crippen LogP contribution in [0.2, 0.25) is 0 Å². The number of sulfone groups is 1. The summed E-state index contributed by atoms with van der Waals surface area (Å²) in [5.41, 5.74) is 0.237. The summed E-state index contributed by atoms with van der Waals surface area (Å²) in [7, 11) is -6.98. The second-order valence-electron chi connectivity index (χ2n) is 4.62. The molecule has 0 radical (unpaired) electrons. The molecule has 20 heavy (non-hydrogen) atoms. The Morgan fingerprint density at radius 3 is 2.75 bits per heavy atom. The lowest BCUT2D eigenvalue weighted by Crippen LogP contribution is -2.34. The van der Waals surface area contributed by atoms with E-state index in [0.717, 1.165) is 0 Å². The van der Waals surface area contributed by atoms with Crippen molar-refractivity contribution in [2.75, 3.05) is 12.3 Å². The van der Waals surface area contributed by atoms with Crippen LogP contribution in [-0.4, -0.2) is 34.4 Å². The molecule has 1 aromatic carbocycles. The minimum atomic E-state index is -3.80. The summed E-state index contributed by atoms with van der Waals surface area (Å²) in [6.07, 6.45) is 1.04. The van der Waals surface area contributed by atoms with E-state index in [1.165, 1.54) is 24.3 Å². The first-order valence-corrected chi connectivity index (χ1v) is 9.26. The number of nitrogens with zero attached hydrogens (tertiary/aromatic N) is 1. The molecule has 1 saturated heterocycles. The van der Waals surface area contributed by atoms with Gasteiger partial charge >= 0.3 is 0 Å². The summed E-state index contributed by atoms with van der Waals surface area (Å²) >= 11 is 0. The van der Waals surface area contributed by atoms with Gasteiger partial charge in [0.15, 0.2) is 9.84 Å². The number of nitriles is 1. The normalized spacial score (nSPS) is 21.4. The largest absolute Gasteiger partial charge is 0.240 e. The van der Waals surface area contributed by atoms with E-state index in [1.54, 1.807) is 0 Å². The van der Waals surface area contributed by atoms with Crippen LogP contribution in [0.1, 0.15) is 18.4 Å². The number of sulfonamides is 1. The summed E-state index contributed by atoms with van der Waals surface area (Å²) in [4.78, 5) is -0.0352. The highest BCUT2D eigenvalue weighted by Gasteiger charge is 2.32. The van der Waals surface area contributed by atoms with Gasteiger partial charge in [0, 0.05) is 6.54 Å². The highest BCUT2D eigenvalue weighted by molar-refractivity contribution is 7.92. The third kappa shape index (κ3) is 3.17. The van der Waals surface area contributed by atoms with E-state index in [1.807, 2.05) is 6.07 Å². The molecule has 0 spiro atoms. The zero-order valence-electron chi connectivity index (χ0n) is 10.6. The van der Waals surface area contributed by atoms with Crippen molar-refractivity contribution in [1.29, 1.82) is 5.26 Å². The molecule has 0 amide bonds. The van der Waals surface area contributed by atoms with Gasteiger partial charge in [-0.3, -0.25) is 0 Å². The van der Waals surface area contributed by atoms with Gasteiger partial charge in [0.2, 0.25) is 10.0 Å². The van der Waals surface area contributed by atoms with Gasteiger partial charge in [-0.05, 0) is 31.0 Å². The molecule has 0 aliphatic carbocycles. The average Bonchev–Trinajstić information content (AvgIpc) is 2.75. The maximum absolute atomic E-state index is 12.1. The van der Waals surface area contributed by atoms with Crippen LogP contribution in [0, 0.1) is 11.3 Å². The molecule has 1 heterocycles. The summed E-state index contributed by atoms with van der Waals surface area (Å²) in [6.45, 7) is -0.124. The van der Waals surface area contributed by atoms with Gasteiger partial charge in [0.25, 0.3) is 0 Å². The fraction of sp³-hybridized carbons (Fsp3) is 0.417. The van der Waals surface area contributed by atoms with Gasteiger partial charge in [-0.15, -0.1) is 0 Å². The second-order valence-corrected chi connectivity index (χ2v) is 8.79. The molecule has 6 nitrogen and oxygen atoms in total. The van der Waals surface area contributed by atoms with E-state index in [-0.39, 0.29) is 22.8 Å². The van der Waals surface area contributed by atoms with Crippen LogP contribution in [0.4, 0.5) is 0 Å². The average molecular weight is 314 g/mol. The standard InChI is InChI=1S/C12H14N2O4S2/c13-8-10-3-1-4-11(7-10)20(17,18)14-9-12-5-2-6-19(12,15)16/h1,3-4,7,12,14H,2,5-6,9H2. The van der Waals surface area contributed by atoms with Crippen LogP contribution in [0.15, 0.2) is 29.2 Å². The van der Waals surface area contributed by atoms with E-state index < -0.39 is 25.1 Å². The van der Waals surface area contributed by atoms with Crippen LogP contribution in [-0.2, 0) is 19.9 Å². The summed E-state index contributed by atoms with van der Waals surface area (Å²) in [5, 5.41) is 8.10. The molecule has 1 aliphatic rings. The predicted octanol–water partition coefficient (Wildman–Crippen LogP) is 0.414. The molecule has 108 valence electrons. The van der Waals surface area contributed by atoms with Crippen LogP contribution in [0.5, 0.6) is 0 Å². The highest BCUT2D eigenvalue weighted by Crippen LogP contribution is 2.20. The lowest BCUT2D eigenvalue weighted by molar-refractivity contribution is 0.571. The summed E-state index contributed by atoms with van der Waals surface area (Å²) in [5.74, 6) is 0.114. The zero-order chi connectivity index (χ0) is 14.8. The molecular formula is C12H14N2O4S2. The van der Waals surface area contributed by atoms with E-state index in [2.05, 4.69) is 4.72 Å². The van der Waals surface area contributed by atoms with E-state index in [0.29, 0.717) is 12.8 Å². The molecule has 0 saturated carbocycles. The summed E-state index contributed by atoms with van der Waals surface area (Å²) < 4.78 is 49.7. The van der Waals surface area contributed by atoms with Crippen molar-refractivity contribution < 1.29 is 16.8 Å². The maximum atomic E-state index is 12.1. The van der Waals surface area contributed by atoms with Gasteiger partial charge in [0.1, 0.15) is 0 Å². The number of rotatable bonds is 4. The Hall–Kier alpha value is -1.43. The molecule has 1 aromatic rings. The first-order chi connectivity index (χ1) is 9.35. The van der Waals surface area contributed by atoms with Gasteiger partial charge in [0.05, 0.1) is 27.5 Å².